The molecule has 3 rings (SSSR count). The fraction of sp³-hybridized carbons (Fsp3) is 0.214. The highest BCUT2D eigenvalue weighted by Gasteiger charge is 2.10. The molecule has 0 saturated heterocycles. The second-order valence-electron chi connectivity index (χ2n) is 4.60. The number of hydrogen-bond acceptors (Lipinski definition) is 1. The van der Waals surface area contributed by atoms with E-state index >= 15 is 0 Å². The first-order valence-corrected chi connectivity index (χ1v) is 5.66. The predicted octanol–water partition coefficient (Wildman–Crippen LogP) is 2.64. The van der Waals surface area contributed by atoms with Gasteiger partial charge in [-0.05, 0) is 25.5 Å². The summed E-state index contributed by atoms with van der Waals surface area (Å²) in [7, 11) is 2.04. The molecule has 0 radical (unpaired) electrons. The average molecular weight is 226 g/mol. The molecular formula is C14H14N2O. The standard InChI is InChI=1S/C14H14N2O/c1-8-4-5-10-11-7-13(17)15-9(2)14(11)16(3)12(10)6-8/h4-7H,1-3H3,(H,15,17). The van der Waals surface area contributed by atoms with Crippen molar-refractivity contribution in [3.05, 3.63) is 45.9 Å². The van der Waals surface area contributed by atoms with Crippen LogP contribution in [0.15, 0.2) is 29.1 Å². The Bertz CT molecular complexity index is 793. The van der Waals surface area contributed by atoms with Gasteiger partial charge in [0.25, 0.3) is 0 Å². The van der Waals surface area contributed by atoms with E-state index in [-0.39, 0.29) is 5.56 Å². The first kappa shape index (κ1) is 10.1. The van der Waals surface area contributed by atoms with Gasteiger partial charge in [-0.15, -0.1) is 0 Å². The first-order chi connectivity index (χ1) is 8.08. The van der Waals surface area contributed by atoms with Gasteiger partial charge in [0.05, 0.1) is 5.52 Å². The second-order valence-corrected chi connectivity index (χ2v) is 4.60. The molecule has 1 N–H and O–H groups in total. The van der Waals surface area contributed by atoms with E-state index in [9.17, 15) is 4.79 Å². The number of aromatic amines is 1. The van der Waals surface area contributed by atoms with Crippen LogP contribution in [0, 0.1) is 13.8 Å². The molecule has 0 aliphatic rings. The number of hydrogen-bond donors (Lipinski definition) is 1. The Morgan fingerprint density at radius 3 is 2.65 bits per heavy atom. The number of nitrogens with one attached hydrogen (secondary N) is 1. The first-order valence-electron chi connectivity index (χ1n) is 5.66. The molecule has 2 aromatic heterocycles. The average Bonchev–Trinajstić information content (AvgIpc) is 2.52. The molecule has 0 spiro atoms. The van der Waals surface area contributed by atoms with Crippen molar-refractivity contribution < 1.29 is 0 Å². The zero-order valence-electron chi connectivity index (χ0n) is 10.2. The number of benzene rings is 1. The third-order valence-corrected chi connectivity index (χ3v) is 3.34. The van der Waals surface area contributed by atoms with Crippen LogP contribution in [0.3, 0.4) is 0 Å². The highest BCUT2D eigenvalue weighted by atomic mass is 16.1. The van der Waals surface area contributed by atoms with E-state index in [1.54, 1.807) is 6.07 Å². The summed E-state index contributed by atoms with van der Waals surface area (Å²) in [5, 5.41) is 2.17. The van der Waals surface area contributed by atoms with Gasteiger partial charge in [0, 0.05) is 35.1 Å². The van der Waals surface area contributed by atoms with E-state index in [0.29, 0.717) is 0 Å². The molecule has 0 fully saturated rings. The Hall–Kier alpha value is -2.03. The summed E-state index contributed by atoms with van der Waals surface area (Å²) in [5.74, 6) is 0. The van der Waals surface area contributed by atoms with Gasteiger partial charge >= 0.3 is 0 Å². The van der Waals surface area contributed by atoms with Crippen molar-refractivity contribution in [2.24, 2.45) is 7.05 Å². The van der Waals surface area contributed by atoms with Crippen molar-refractivity contribution in [1.29, 1.82) is 0 Å². The maximum atomic E-state index is 11.6. The Labute approximate surface area is 98.7 Å². The van der Waals surface area contributed by atoms with Gasteiger partial charge in [-0.1, -0.05) is 12.1 Å². The van der Waals surface area contributed by atoms with Gasteiger partial charge in [0.15, 0.2) is 0 Å². The van der Waals surface area contributed by atoms with Crippen molar-refractivity contribution >= 4 is 21.8 Å². The Morgan fingerprint density at radius 2 is 1.88 bits per heavy atom. The van der Waals surface area contributed by atoms with Gasteiger partial charge in [0.2, 0.25) is 5.56 Å². The van der Waals surface area contributed by atoms with E-state index in [2.05, 4.69) is 34.7 Å². The number of aryl methyl sites for hydroxylation is 3. The van der Waals surface area contributed by atoms with Crippen LogP contribution in [0.4, 0.5) is 0 Å². The van der Waals surface area contributed by atoms with E-state index in [1.165, 1.54) is 11.1 Å². The molecule has 0 bridgehead atoms. The van der Waals surface area contributed by atoms with Gasteiger partial charge in [-0.2, -0.15) is 0 Å². The Balaban J connectivity index is 2.68. The lowest BCUT2D eigenvalue weighted by molar-refractivity contribution is 0.992. The van der Waals surface area contributed by atoms with Gasteiger partial charge in [-0.25, -0.2) is 0 Å². The lowest BCUT2D eigenvalue weighted by Gasteiger charge is -2.01. The molecule has 0 unspecified atom stereocenters. The normalized spacial score (nSPS) is 11.5. The van der Waals surface area contributed by atoms with Crippen LogP contribution in [0.2, 0.25) is 0 Å². The number of nitrogens with zero attached hydrogens (tertiary/aromatic N) is 1. The molecule has 17 heavy (non-hydrogen) atoms. The fourth-order valence-electron chi connectivity index (χ4n) is 2.59. The molecule has 3 heteroatoms. The summed E-state index contributed by atoms with van der Waals surface area (Å²) >= 11 is 0. The molecule has 86 valence electrons. The summed E-state index contributed by atoms with van der Waals surface area (Å²) in [5.41, 5.74) is 4.38. The minimum absolute atomic E-state index is 0.0388. The van der Waals surface area contributed by atoms with Crippen molar-refractivity contribution in [2.75, 3.05) is 0 Å². The quantitative estimate of drug-likeness (QED) is 0.628. The molecule has 1 aromatic carbocycles. The fourth-order valence-corrected chi connectivity index (χ4v) is 2.59. The lowest BCUT2D eigenvalue weighted by Crippen LogP contribution is -2.06. The van der Waals surface area contributed by atoms with E-state index in [4.69, 9.17) is 0 Å². The van der Waals surface area contributed by atoms with Crippen molar-refractivity contribution in [3.8, 4) is 0 Å². The third-order valence-electron chi connectivity index (χ3n) is 3.34. The highest BCUT2D eigenvalue weighted by molar-refractivity contribution is 6.08. The minimum atomic E-state index is -0.0388. The zero-order valence-corrected chi connectivity index (χ0v) is 10.2. The van der Waals surface area contributed by atoms with Crippen LogP contribution >= 0.6 is 0 Å². The largest absolute Gasteiger partial charge is 0.342 e. The molecule has 3 nitrogen and oxygen atoms in total. The molecule has 0 aliphatic carbocycles. The maximum Gasteiger partial charge on any atom is 0.248 e. The highest BCUT2D eigenvalue weighted by Crippen LogP contribution is 2.28. The smallest absolute Gasteiger partial charge is 0.248 e. The predicted molar refractivity (Wildman–Crippen MR) is 70.5 cm³/mol. The Kier molecular flexibility index (Phi) is 1.93. The van der Waals surface area contributed by atoms with E-state index in [1.807, 2.05) is 14.0 Å². The van der Waals surface area contributed by atoms with Crippen molar-refractivity contribution in [1.82, 2.24) is 9.55 Å². The number of aromatic nitrogens is 2. The van der Waals surface area contributed by atoms with Crippen LogP contribution in [0.1, 0.15) is 11.3 Å². The molecule has 3 aromatic rings. The molecule has 2 heterocycles. The lowest BCUT2D eigenvalue weighted by atomic mass is 10.1. The molecular weight excluding hydrogens is 212 g/mol. The number of rotatable bonds is 0. The number of pyridine rings is 1. The monoisotopic (exact) mass is 226 g/mol. The molecule has 0 amide bonds. The number of fused-ring (bicyclic) bond motifs is 3. The minimum Gasteiger partial charge on any atom is -0.342 e. The van der Waals surface area contributed by atoms with E-state index < -0.39 is 0 Å². The van der Waals surface area contributed by atoms with Crippen LogP contribution < -0.4 is 5.56 Å². The molecule has 0 atom stereocenters. The summed E-state index contributed by atoms with van der Waals surface area (Å²) in [6.45, 7) is 4.02. The van der Waals surface area contributed by atoms with Gasteiger partial charge in [-0.3, -0.25) is 4.79 Å². The van der Waals surface area contributed by atoms with Gasteiger partial charge < -0.3 is 9.55 Å². The van der Waals surface area contributed by atoms with E-state index in [0.717, 1.165) is 22.0 Å². The summed E-state index contributed by atoms with van der Waals surface area (Å²) in [6, 6.07) is 8.00. The van der Waals surface area contributed by atoms with Crippen LogP contribution in [-0.4, -0.2) is 9.55 Å². The summed E-state index contributed by atoms with van der Waals surface area (Å²) in [6.07, 6.45) is 0. The zero-order chi connectivity index (χ0) is 12.2. The third kappa shape index (κ3) is 1.32. The Morgan fingerprint density at radius 1 is 1.12 bits per heavy atom. The molecule has 0 saturated carbocycles. The number of H-pyrrole nitrogens is 1. The summed E-state index contributed by atoms with van der Waals surface area (Å²) in [4.78, 5) is 14.4. The van der Waals surface area contributed by atoms with Gasteiger partial charge in [0.1, 0.15) is 0 Å². The second kappa shape index (κ2) is 3.23. The maximum absolute atomic E-state index is 11.6. The SMILES string of the molecule is Cc1ccc2c3cc(=O)[nH]c(C)c3n(C)c2c1. The topological polar surface area (TPSA) is 37.8 Å². The summed E-state index contributed by atoms with van der Waals surface area (Å²) < 4.78 is 2.14. The van der Waals surface area contributed by atoms with Crippen LogP contribution in [-0.2, 0) is 7.05 Å². The molecule has 0 aliphatic heterocycles. The van der Waals surface area contributed by atoms with Crippen molar-refractivity contribution in [2.45, 2.75) is 13.8 Å². The van der Waals surface area contributed by atoms with Crippen molar-refractivity contribution in [3.63, 3.8) is 0 Å². The van der Waals surface area contributed by atoms with Crippen LogP contribution in [0.25, 0.3) is 21.8 Å². The van der Waals surface area contributed by atoms with Crippen LogP contribution in [0.5, 0.6) is 0 Å².